The molecule has 1 aromatic carbocycles. The molecule has 0 aliphatic heterocycles. The van der Waals surface area contributed by atoms with Gasteiger partial charge in [0, 0.05) is 25.0 Å². The monoisotopic (exact) mass is 289 g/mol. The van der Waals surface area contributed by atoms with Gasteiger partial charge in [0.1, 0.15) is 11.6 Å². The fourth-order valence-corrected chi connectivity index (χ4v) is 1.86. The van der Waals surface area contributed by atoms with E-state index in [-0.39, 0.29) is 5.69 Å². The van der Waals surface area contributed by atoms with E-state index in [1.807, 2.05) is 6.92 Å². The summed E-state index contributed by atoms with van der Waals surface area (Å²) in [5.41, 5.74) is 1.80. The molecule has 0 radical (unpaired) electrons. The molecule has 0 fully saturated rings. The number of halogens is 1. The van der Waals surface area contributed by atoms with Gasteiger partial charge in [-0.25, -0.2) is 4.39 Å². The molecule has 5 nitrogen and oxygen atoms in total. The van der Waals surface area contributed by atoms with Crippen molar-refractivity contribution in [1.29, 1.82) is 0 Å². The Kier molecular flexibility index (Phi) is 4.37. The van der Waals surface area contributed by atoms with E-state index in [4.69, 9.17) is 4.74 Å². The van der Waals surface area contributed by atoms with E-state index < -0.39 is 11.7 Å². The number of methoxy groups -OCH3 is 1. The topological polar surface area (TPSA) is 63.2 Å². The summed E-state index contributed by atoms with van der Waals surface area (Å²) in [7, 11) is 3.18. The molecule has 1 aromatic heterocycles. The molecule has 0 atom stereocenters. The Balaban J connectivity index is 2.30. The van der Waals surface area contributed by atoms with Crippen LogP contribution in [-0.4, -0.2) is 25.0 Å². The van der Waals surface area contributed by atoms with Gasteiger partial charge in [-0.05, 0) is 25.1 Å². The molecule has 0 aliphatic carbocycles. The Bertz CT molecular complexity index is 674. The molecule has 0 spiro atoms. The number of pyridine rings is 1. The van der Waals surface area contributed by atoms with Crippen molar-refractivity contribution in [2.45, 2.75) is 6.92 Å². The summed E-state index contributed by atoms with van der Waals surface area (Å²) in [6, 6.07) is 5.89. The maximum atomic E-state index is 13.7. The molecule has 110 valence electrons. The van der Waals surface area contributed by atoms with Crippen LogP contribution in [0.15, 0.2) is 30.5 Å². The first-order chi connectivity index (χ1) is 10.0. The highest BCUT2D eigenvalue weighted by atomic mass is 19.1. The van der Waals surface area contributed by atoms with Gasteiger partial charge in [0.05, 0.1) is 24.0 Å². The summed E-state index contributed by atoms with van der Waals surface area (Å²) in [5, 5.41) is 5.44. The normalized spacial score (nSPS) is 10.1. The highest BCUT2D eigenvalue weighted by Crippen LogP contribution is 2.23. The SMILES string of the molecule is CNc1cc(C)ncc1C(=O)Nc1cc(OC)ccc1F. The quantitative estimate of drug-likeness (QED) is 0.908. The molecular formula is C15H16FN3O2. The Morgan fingerprint density at radius 3 is 2.71 bits per heavy atom. The van der Waals surface area contributed by atoms with E-state index in [0.29, 0.717) is 17.0 Å². The number of hydrogen-bond donors (Lipinski definition) is 2. The van der Waals surface area contributed by atoms with Crippen molar-refractivity contribution in [1.82, 2.24) is 4.98 Å². The maximum absolute atomic E-state index is 13.7. The molecule has 0 bridgehead atoms. The number of aryl methyl sites for hydroxylation is 1. The summed E-state index contributed by atoms with van der Waals surface area (Å²) < 4.78 is 18.7. The molecule has 2 rings (SSSR count). The first kappa shape index (κ1) is 14.8. The van der Waals surface area contributed by atoms with Gasteiger partial charge in [0.2, 0.25) is 0 Å². The average molecular weight is 289 g/mol. The second-order valence-electron chi connectivity index (χ2n) is 4.42. The number of ether oxygens (including phenoxy) is 1. The van der Waals surface area contributed by atoms with Crippen LogP contribution in [-0.2, 0) is 0 Å². The Hall–Kier alpha value is -2.63. The Morgan fingerprint density at radius 2 is 2.05 bits per heavy atom. The van der Waals surface area contributed by atoms with Crippen LogP contribution in [0.5, 0.6) is 5.75 Å². The van der Waals surface area contributed by atoms with Crippen LogP contribution in [0.25, 0.3) is 0 Å². The number of benzene rings is 1. The summed E-state index contributed by atoms with van der Waals surface area (Å²) in [4.78, 5) is 16.3. The maximum Gasteiger partial charge on any atom is 0.259 e. The van der Waals surface area contributed by atoms with Crippen molar-refractivity contribution < 1.29 is 13.9 Å². The van der Waals surface area contributed by atoms with Gasteiger partial charge >= 0.3 is 0 Å². The van der Waals surface area contributed by atoms with E-state index in [0.717, 1.165) is 5.69 Å². The van der Waals surface area contributed by atoms with Gasteiger partial charge in [-0.1, -0.05) is 0 Å². The average Bonchev–Trinajstić information content (AvgIpc) is 2.49. The van der Waals surface area contributed by atoms with Gasteiger partial charge < -0.3 is 15.4 Å². The summed E-state index contributed by atoms with van der Waals surface area (Å²) in [5.74, 6) is -0.517. The Labute approximate surface area is 122 Å². The smallest absolute Gasteiger partial charge is 0.259 e. The highest BCUT2D eigenvalue weighted by molar-refractivity contribution is 6.07. The zero-order valence-electron chi connectivity index (χ0n) is 12.0. The number of aromatic nitrogens is 1. The van der Waals surface area contributed by atoms with E-state index in [1.165, 1.54) is 31.5 Å². The second-order valence-corrected chi connectivity index (χ2v) is 4.42. The molecule has 0 saturated carbocycles. The van der Waals surface area contributed by atoms with E-state index in [1.54, 1.807) is 13.1 Å². The fourth-order valence-electron chi connectivity index (χ4n) is 1.86. The number of nitrogens with zero attached hydrogens (tertiary/aromatic N) is 1. The van der Waals surface area contributed by atoms with Crippen LogP contribution in [0.4, 0.5) is 15.8 Å². The number of carbonyl (C=O) groups excluding carboxylic acids is 1. The lowest BCUT2D eigenvalue weighted by molar-refractivity contribution is 0.102. The molecule has 2 N–H and O–H groups in total. The molecule has 21 heavy (non-hydrogen) atoms. The lowest BCUT2D eigenvalue weighted by atomic mass is 10.2. The van der Waals surface area contributed by atoms with Gasteiger partial charge in [-0.15, -0.1) is 0 Å². The van der Waals surface area contributed by atoms with Crippen LogP contribution in [0, 0.1) is 12.7 Å². The van der Waals surface area contributed by atoms with Crippen LogP contribution in [0.1, 0.15) is 16.1 Å². The van der Waals surface area contributed by atoms with E-state index in [2.05, 4.69) is 15.6 Å². The zero-order chi connectivity index (χ0) is 15.4. The lowest BCUT2D eigenvalue weighted by Crippen LogP contribution is -2.15. The summed E-state index contributed by atoms with van der Waals surface area (Å²) in [6.07, 6.45) is 1.45. The molecule has 0 aliphatic rings. The summed E-state index contributed by atoms with van der Waals surface area (Å²) >= 11 is 0. The predicted molar refractivity (Wildman–Crippen MR) is 79.4 cm³/mol. The van der Waals surface area contributed by atoms with Crippen molar-refractivity contribution in [2.24, 2.45) is 0 Å². The number of rotatable bonds is 4. The van der Waals surface area contributed by atoms with Crippen LogP contribution < -0.4 is 15.4 Å². The van der Waals surface area contributed by atoms with Crippen molar-refractivity contribution in [2.75, 3.05) is 24.8 Å². The number of anilines is 2. The standard InChI is InChI=1S/C15H16FN3O2/c1-9-6-13(17-2)11(8-18-9)15(20)19-14-7-10(21-3)4-5-12(14)16/h4-8H,1-3H3,(H,17,18)(H,19,20). The molecular weight excluding hydrogens is 273 g/mol. The number of amides is 1. The first-order valence-corrected chi connectivity index (χ1v) is 6.34. The largest absolute Gasteiger partial charge is 0.497 e. The number of nitrogens with one attached hydrogen (secondary N) is 2. The first-order valence-electron chi connectivity index (χ1n) is 6.34. The van der Waals surface area contributed by atoms with Gasteiger partial charge in [-0.3, -0.25) is 9.78 Å². The minimum Gasteiger partial charge on any atom is -0.497 e. The summed E-state index contributed by atoms with van der Waals surface area (Å²) in [6.45, 7) is 1.82. The van der Waals surface area contributed by atoms with Crippen molar-refractivity contribution in [3.05, 3.63) is 47.5 Å². The van der Waals surface area contributed by atoms with E-state index in [9.17, 15) is 9.18 Å². The van der Waals surface area contributed by atoms with E-state index >= 15 is 0 Å². The number of hydrogen-bond acceptors (Lipinski definition) is 4. The van der Waals surface area contributed by atoms with Crippen LogP contribution >= 0.6 is 0 Å². The van der Waals surface area contributed by atoms with Crippen molar-refractivity contribution in [3.63, 3.8) is 0 Å². The minimum absolute atomic E-state index is 0.0574. The highest BCUT2D eigenvalue weighted by Gasteiger charge is 2.14. The van der Waals surface area contributed by atoms with Gasteiger partial charge in [0.15, 0.2) is 0 Å². The zero-order valence-corrected chi connectivity index (χ0v) is 12.0. The fraction of sp³-hybridized carbons (Fsp3) is 0.200. The molecule has 0 saturated heterocycles. The Morgan fingerprint density at radius 1 is 1.29 bits per heavy atom. The van der Waals surface area contributed by atoms with Gasteiger partial charge in [0.25, 0.3) is 5.91 Å². The third-order valence-corrected chi connectivity index (χ3v) is 2.98. The molecule has 2 aromatic rings. The van der Waals surface area contributed by atoms with Crippen molar-refractivity contribution in [3.8, 4) is 5.75 Å². The molecule has 1 heterocycles. The van der Waals surface area contributed by atoms with Crippen molar-refractivity contribution >= 4 is 17.3 Å². The number of carbonyl (C=O) groups is 1. The van der Waals surface area contributed by atoms with Crippen LogP contribution in [0.2, 0.25) is 0 Å². The molecule has 0 unspecified atom stereocenters. The van der Waals surface area contributed by atoms with Crippen LogP contribution in [0.3, 0.4) is 0 Å². The van der Waals surface area contributed by atoms with Gasteiger partial charge in [-0.2, -0.15) is 0 Å². The lowest BCUT2D eigenvalue weighted by Gasteiger charge is -2.11. The third-order valence-electron chi connectivity index (χ3n) is 2.98. The predicted octanol–water partition coefficient (Wildman–Crippen LogP) is 2.83. The second kappa shape index (κ2) is 6.21. The third kappa shape index (κ3) is 3.28. The molecule has 1 amide bonds. The minimum atomic E-state index is -0.532. The molecule has 6 heteroatoms.